The number of rotatable bonds is 4. The van der Waals surface area contributed by atoms with Crippen LogP contribution in [0.2, 0.25) is 0 Å². The molecule has 0 heterocycles. The van der Waals surface area contributed by atoms with Gasteiger partial charge in [-0.15, -0.1) is 9.24 Å². The average molecular weight is 150 g/mol. The van der Waals surface area contributed by atoms with Crippen molar-refractivity contribution in [1.29, 1.82) is 0 Å². The van der Waals surface area contributed by atoms with Crippen molar-refractivity contribution in [3.63, 3.8) is 0 Å². The highest BCUT2D eigenvalue weighted by Gasteiger charge is 1.97. The summed E-state index contributed by atoms with van der Waals surface area (Å²) in [4.78, 5) is 10.4. The van der Waals surface area contributed by atoms with Crippen LogP contribution in [0.15, 0.2) is 0 Å². The van der Waals surface area contributed by atoms with E-state index in [4.69, 9.17) is 4.74 Å². The first-order valence-corrected chi connectivity index (χ1v) is 3.56. The molecule has 0 radical (unpaired) electrons. The fourth-order valence-corrected chi connectivity index (χ4v) is 0.463. The molecule has 0 aliphatic carbocycles. The molecule has 0 aromatic rings. The van der Waals surface area contributed by atoms with Gasteiger partial charge in [0.2, 0.25) is 0 Å². The highest BCUT2D eigenvalue weighted by molar-refractivity contribution is 7.16. The van der Waals surface area contributed by atoms with E-state index in [2.05, 4.69) is 14.0 Å². The van der Waals surface area contributed by atoms with Crippen molar-refractivity contribution in [2.75, 3.05) is 19.6 Å². The van der Waals surface area contributed by atoms with Crippen molar-refractivity contribution >= 4 is 15.2 Å². The van der Waals surface area contributed by atoms with Gasteiger partial charge in [-0.3, -0.25) is 0 Å². The molecule has 0 bridgehead atoms. The van der Waals surface area contributed by atoms with E-state index in [1.54, 1.807) is 6.92 Å². The van der Waals surface area contributed by atoms with Crippen LogP contribution < -0.4 is 0 Å². The van der Waals surface area contributed by atoms with E-state index in [-0.39, 0.29) is 12.6 Å². The molecular formula is C5H11O3P. The minimum absolute atomic E-state index is 0.0529. The highest BCUT2D eigenvalue weighted by atomic mass is 31.0. The van der Waals surface area contributed by atoms with E-state index >= 15 is 0 Å². The molecule has 0 amide bonds. The number of esters is 1. The maximum absolute atomic E-state index is 10.4. The number of hydrogen-bond donors (Lipinski definition) is 0. The Labute approximate surface area is 56.9 Å². The molecule has 0 saturated carbocycles. The average Bonchev–Trinajstić information content (AvgIpc) is 1.85. The van der Waals surface area contributed by atoms with E-state index in [0.717, 1.165) is 0 Å². The second-order valence-electron chi connectivity index (χ2n) is 1.32. The molecule has 0 aliphatic heterocycles. The molecule has 0 aromatic carbocycles. The van der Waals surface area contributed by atoms with Crippen LogP contribution in [0.1, 0.15) is 6.92 Å². The minimum atomic E-state index is -0.306. The van der Waals surface area contributed by atoms with Crippen LogP contribution in [-0.4, -0.2) is 25.5 Å². The molecule has 0 N–H and O–H groups in total. The molecule has 4 heteroatoms. The zero-order valence-corrected chi connectivity index (χ0v) is 6.58. The summed E-state index contributed by atoms with van der Waals surface area (Å²) in [5.41, 5.74) is 0. The van der Waals surface area contributed by atoms with Crippen LogP contribution in [0, 0.1) is 0 Å². The van der Waals surface area contributed by atoms with E-state index in [0.29, 0.717) is 13.0 Å². The van der Waals surface area contributed by atoms with Gasteiger partial charge in [-0.25, -0.2) is 4.79 Å². The molecule has 0 aliphatic rings. The summed E-state index contributed by atoms with van der Waals surface area (Å²) in [5.74, 6) is -0.306. The third kappa shape index (κ3) is 5.74. The van der Waals surface area contributed by atoms with Crippen molar-refractivity contribution in [3.05, 3.63) is 0 Å². The number of ether oxygens (including phenoxy) is 2. The molecule has 9 heavy (non-hydrogen) atoms. The van der Waals surface area contributed by atoms with E-state index in [9.17, 15) is 4.79 Å². The molecule has 0 aromatic heterocycles. The Balaban J connectivity index is 3.06. The van der Waals surface area contributed by atoms with Crippen LogP contribution in [0.5, 0.6) is 0 Å². The monoisotopic (exact) mass is 150 g/mol. The summed E-state index contributed by atoms with van der Waals surface area (Å²) < 4.78 is 9.31. The summed E-state index contributed by atoms with van der Waals surface area (Å²) in [6.07, 6.45) is 0.471. The van der Waals surface area contributed by atoms with Gasteiger partial charge in [0.05, 0.1) is 13.0 Å². The highest BCUT2D eigenvalue weighted by Crippen LogP contribution is 1.84. The molecule has 1 atom stereocenters. The van der Waals surface area contributed by atoms with E-state index < -0.39 is 0 Å². The van der Waals surface area contributed by atoms with Gasteiger partial charge in [0.25, 0.3) is 0 Å². The first kappa shape index (κ1) is 8.86. The van der Waals surface area contributed by atoms with Crippen LogP contribution in [0.3, 0.4) is 0 Å². The van der Waals surface area contributed by atoms with Crippen LogP contribution >= 0.6 is 9.24 Å². The molecular weight excluding hydrogens is 139 g/mol. The fourth-order valence-electron chi connectivity index (χ4n) is 0.345. The summed E-state index contributed by atoms with van der Waals surface area (Å²) in [7, 11) is 2.35. The third-order valence-corrected chi connectivity index (χ3v) is 0.879. The quantitative estimate of drug-likeness (QED) is 0.429. The number of hydrogen-bond acceptors (Lipinski definition) is 3. The molecule has 54 valence electrons. The Morgan fingerprint density at radius 3 is 2.78 bits per heavy atom. The lowest BCUT2D eigenvalue weighted by atomic mass is 10.7. The lowest BCUT2D eigenvalue weighted by molar-refractivity contribution is -0.147. The van der Waals surface area contributed by atoms with E-state index in [1.165, 1.54) is 0 Å². The van der Waals surface area contributed by atoms with Gasteiger partial charge in [-0.1, -0.05) is 0 Å². The number of carbonyl (C=O) groups is 1. The smallest absolute Gasteiger partial charge is 0.332 e. The van der Waals surface area contributed by atoms with Gasteiger partial charge in [-0.05, 0) is 6.92 Å². The Bertz CT molecular complexity index is 84.3. The largest absolute Gasteiger partial charge is 0.464 e. The minimum Gasteiger partial charge on any atom is -0.464 e. The van der Waals surface area contributed by atoms with Crippen LogP contribution in [0.25, 0.3) is 0 Å². The lowest BCUT2D eigenvalue weighted by Crippen LogP contribution is -2.11. The first-order valence-electron chi connectivity index (χ1n) is 2.74. The first-order chi connectivity index (χ1) is 4.31. The zero-order valence-electron chi connectivity index (χ0n) is 5.42. The Morgan fingerprint density at radius 1 is 1.67 bits per heavy atom. The summed E-state index contributed by atoms with van der Waals surface area (Å²) in [6, 6.07) is 0. The maximum Gasteiger partial charge on any atom is 0.332 e. The predicted octanol–water partition coefficient (Wildman–Crippen LogP) is 0.399. The fraction of sp³-hybridized carbons (Fsp3) is 0.800. The van der Waals surface area contributed by atoms with Gasteiger partial charge >= 0.3 is 5.97 Å². The van der Waals surface area contributed by atoms with Crippen molar-refractivity contribution in [1.82, 2.24) is 0 Å². The van der Waals surface area contributed by atoms with Gasteiger partial charge in [0.1, 0.15) is 6.61 Å². The van der Waals surface area contributed by atoms with E-state index in [1.807, 2.05) is 0 Å². The van der Waals surface area contributed by atoms with Crippen LogP contribution in [0.4, 0.5) is 0 Å². The second kappa shape index (κ2) is 5.99. The predicted molar refractivity (Wildman–Crippen MR) is 37.2 cm³/mol. The number of carbonyl (C=O) groups excluding carboxylic acids is 1. The SMILES string of the molecule is CCOC(=O)COCP. The Kier molecular flexibility index (Phi) is 5.89. The molecule has 3 nitrogen and oxygen atoms in total. The normalized spacial score (nSPS) is 9.11. The van der Waals surface area contributed by atoms with Crippen LogP contribution in [-0.2, 0) is 14.3 Å². The Morgan fingerprint density at radius 2 is 2.33 bits per heavy atom. The standard InChI is InChI=1S/C5H11O3P/c1-2-8-5(6)3-7-4-9/h2-4,9H2,1H3. The summed E-state index contributed by atoms with van der Waals surface area (Å²) >= 11 is 0. The zero-order chi connectivity index (χ0) is 7.11. The summed E-state index contributed by atoms with van der Waals surface area (Å²) in [6.45, 7) is 2.23. The van der Waals surface area contributed by atoms with Crippen molar-refractivity contribution in [2.24, 2.45) is 0 Å². The van der Waals surface area contributed by atoms with Crippen molar-refractivity contribution in [2.45, 2.75) is 6.92 Å². The van der Waals surface area contributed by atoms with Gasteiger partial charge in [0, 0.05) is 0 Å². The van der Waals surface area contributed by atoms with Gasteiger partial charge in [0.15, 0.2) is 0 Å². The van der Waals surface area contributed by atoms with Crippen molar-refractivity contribution in [3.8, 4) is 0 Å². The molecule has 0 fully saturated rings. The molecule has 1 unspecified atom stereocenters. The third-order valence-electron chi connectivity index (χ3n) is 0.643. The Hall–Kier alpha value is -0.140. The maximum atomic E-state index is 10.4. The van der Waals surface area contributed by atoms with Gasteiger partial charge < -0.3 is 9.47 Å². The lowest BCUT2D eigenvalue weighted by Gasteiger charge is -1.99. The topological polar surface area (TPSA) is 35.5 Å². The molecule has 0 spiro atoms. The molecule has 0 rings (SSSR count). The van der Waals surface area contributed by atoms with Crippen molar-refractivity contribution < 1.29 is 14.3 Å². The second-order valence-corrected chi connectivity index (χ2v) is 1.65. The summed E-state index contributed by atoms with van der Waals surface area (Å²) in [5, 5.41) is 0. The molecule has 0 saturated heterocycles. The van der Waals surface area contributed by atoms with Gasteiger partial charge in [-0.2, -0.15) is 0 Å².